The van der Waals surface area contributed by atoms with E-state index in [1.807, 2.05) is 0 Å². The molecular formula is C14H24N2. The Morgan fingerprint density at radius 3 is 2.56 bits per heavy atom. The highest BCUT2D eigenvalue weighted by atomic mass is 14.9. The maximum absolute atomic E-state index is 5.46. The highest BCUT2D eigenvalue weighted by molar-refractivity contribution is 5.52. The second kappa shape index (κ2) is 7.29. The zero-order valence-electron chi connectivity index (χ0n) is 10.6. The highest BCUT2D eigenvalue weighted by Crippen LogP contribution is 2.16. The van der Waals surface area contributed by atoms with Crippen LogP contribution in [0.25, 0.3) is 0 Å². The number of rotatable bonds is 7. The zero-order valence-corrected chi connectivity index (χ0v) is 10.6. The van der Waals surface area contributed by atoms with Crippen molar-refractivity contribution in [2.24, 2.45) is 5.73 Å². The van der Waals surface area contributed by atoms with Gasteiger partial charge in [0.1, 0.15) is 0 Å². The lowest BCUT2D eigenvalue weighted by atomic mass is 10.1. The second-order valence-corrected chi connectivity index (χ2v) is 4.45. The van der Waals surface area contributed by atoms with Crippen molar-refractivity contribution in [3.05, 3.63) is 29.3 Å². The Labute approximate surface area is 99.2 Å². The predicted molar refractivity (Wildman–Crippen MR) is 71.9 cm³/mol. The van der Waals surface area contributed by atoms with Gasteiger partial charge in [-0.3, -0.25) is 0 Å². The lowest BCUT2D eigenvalue weighted by Gasteiger charge is -2.10. The van der Waals surface area contributed by atoms with Gasteiger partial charge in [0, 0.05) is 12.2 Å². The average molecular weight is 220 g/mol. The number of aryl methyl sites for hydroxylation is 2. The van der Waals surface area contributed by atoms with Crippen LogP contribution in [-0.2, 0) is 0 Å². The van der Waals surface area contributed by atoms with E-state index < -0.39 is 0 Å². The van der Waals surface area contributed by atoms with Crippen LogP contribution >= 0.6 is 0 Å². The van der Waals surface area contributed by atoms with Gasteiger partial charge in [0.05, 0.1) is 0 Å². The lowest BCUT2D eigenvalue weighted by Crippen LogP contribution is -2.04. The average Bonchev–Trinajstić information content (AvgIpc) is 2.28. The van der Waals surface area contributed by atoms with E-state index in [4.69, 9.17) is 5.73 Å². The van der Waals surface area contributed by atoms with Crippen LogP contribution in [0.5, 0.6) is 0 Å². The third-order valence-corrected chi connectivity index (χ3v) is 2.84. The van der Waals surface area contributed by atoms with Crippen LogP contribution in [0.2, 0.25) is 0 Å². The predicted octanol–water partition coefficient (Wildman–Crippen LogP) is 3.23. The first-order chi connectivity index (χ1) is 7.74. The minimum Gasteiger partial charge on any atom is -0.385 e. The number of hydrogen-bond acceptors (Lipinski definition) is 2. The molecule has 0 spiro atoms. The van der Waals surface area contributed by atoms with Gasteiger partial charge in [0.2, 0.25) is 0 Å². The summed E-state index contributed by atoms with van der Waals surface area (Å²) in [5.74, 6) is 0. The zero-order chi connectivity index (χ0) is 11.8. The molecule has 3 N–H and O–H groups in total. The highest BCUT2D eigenvalue weighted by Gasteiger charge is 1.97. The fourth-order valence-electron chi connectivity index (χ4n) is 1.77. The molecule has 2 heteroatoms. The Kier molecular flexibility index (Phi) is 5.94. The summed E-state index contributed by atoms with van der Waals surface area (Å²) in [5, 5.41) is 3.50. The number of nitrogens with one attached hydrogen (secondary N) is 1. The van der Waals surface area contributed by atoms with Gasteiger partial charge in [-0.2, -0.15) is 0 Å². The monoisotopic (exact) mass is 220 g/mol. The van der Waals surface area contributed by atoms with E-state index >= 15 is 0 Å². The summed E-state index contributed by atoms with van der Waals surface area (Å²) in [5.41, 5.74) is 9.37. The lowest BCUT2D eigenvalue weighted by molar-refractivity contribution is 0.661. The van der Waals surface area contributed by atoms with Crippen molar-refractivity contribution in [3.8, 4) is 0 Å². The Balaban J connectivity index is 2.23. The van der Waals surface area contributed by atoms with Gasteiger partial charge in [0.25, 0.3) is 0 Å². The fraction of sp³-hybridized carbons (Fsp3) is 0.571. The smallest absolute Gasteiger partial charge is 0.0372 e. The first-order valence-electron chi connectivity index (χ1n) is 6.25. The fourth-order valence-corrected chi connectivity index (χ4v) is 1.77. The Hall–Kier alpha value is -1.02. The topological polar surface area (TPSA) is 38.0 Å². The van der Waals surface area contributed by atoms with Crippen LogP contribution < -0.4 is 11.1 Å². The van der Waals surface area contributed by atoms with Crippen LogP contribution in [-0.4, -0.2) is 13.1 Å². The number of nitrogens with two attached hydrogens (primary N) is 1. The molecule has 0 aromatic heterocycles. The molecule has 0 saturated heterocycles. The summed E-state index contributed by atoms with van der Waals surface area (Å²) in [6.45, 7) is 6.17. The van der Waals surface area contributed by atoms with Crippen LogP contribution in [0.15, 0.2) is 18.2 Å². The van der Waals surface area contributed by atoms with Crippen molar-refractivity contribution < 1.29 is 0 Å². The molecule has 0 fully saturated rings. The van der Waals surface area contributed by atoms with Crippen LogP contribution in [0.1, 0.15) is 36.8 Å². The van der Waals surface area contributed by atoms with Gasteiger partial charge in [-0.25, -0.2) is 0 Å². The maximum atomic E-state index is 5.46. The molecule has 0 unspecified atom stereocenters. The van der Waals surface area contributed by atoms with Gasteiger partial charge >= 0.3 is 0 Å². The molecule has 90 valence electrons. The van der Waals surface area contributed by atoms with Gasteiger partial charge < -0.3 is 11.1 Å². The number of benzene rings is 1. The van der Waals surface area contributed by atoms with Crippen molar-refractivity contribution in [1.29, 1.82) is 0 Å². The van der Waals surface area contributed by atoms with Gasteiger partial charge in [-0.1, -0.05) is 25.0 Å². The molecular weight excluding hydrogens is 196 g/mol. The maximum Gasteiger partial charge on any atom is 0.0372 e. The van der Waals surface area contributed by atoms with Crippen molar-refractivity contribution in [2.45, 2.75) is 39.5 Å². The number of anilines is 1. The SMILES string of the molecule is Cc1ccc(C)c(NCCCCCCN)c1. The van der Waals surface area contributed by atoms with Crippen molar-refractivity contribution in [3.63, 3.8) is 0 Å². The van der Waals surface area contributed by atoms with Crippen molar-refractivity contribution in [2.75, 3.05) is 18.4 Å². The molecule has 0 saturated carbocycles. The summed E-state index contributed by atoms with van der Waals surface area (Å²) in [6.07, 6.45) is 4.91. The van der Waals surface area contributed by atoms with Crippen LogP contribution in [0, 0.1) is 13.8 Å². The second-order valence-electron chi connectivity index (χ2n) is 4.45. The third-order valence-electron chi connectivity index (χ3n) is 2.84. The Bertz CT molecular complexity index is 308. The molecule has 2 nitrogen and oxygen atoms in total. The minimum atomic E-state index is 0.824. The molecule has 0 aliphatic heterocycles. The van der Waals surface area contributed by atoms with E-state index in [2.05, 4.69) is 37.4 Å². The molecule has 0 atom stereocenters. The summed E-state index contributed by atoms with van der Waals surface area (Å²) >= 11 is 0. The van der Waals surface area contributed by atoms with E-state index in [1.165, 1.54) is 36.1 Å². The summed E-state index contributed by atoms with van der Waals surface area (Å²) in [4.78, 5) is 0. The largest absolute Gasteiger partial charge is 0.385 e. The minimum absolute atomic E-state index is 0.824. The van der Waals surface area contributed by atoms with E-state index in [-0.39, 0.29) is 0 Å². The molecule has 1 rings (SSSR count). The first-order valence-corrected chi connectivity index (χ1v) is 6.25. The Morgan fingerprint density at radius 2 is 1.81 bits per heavy atom. The molecule has 0 heterocycles. The normalized spacial score (nSPS) is 10.4. The first kappa shape index (κ1) is 13.0. The van der Waals surface area contributed by atoms with E-state index in [0.717, 1.165) is 19.5 Å². The molecule has 16 heavy (non-hydrogen) atoms. The molecule has 0 aliphatic rings. The number of unbranched alkanes of at least 4 members (excludes halogenated alkanes) is 3. The molecule has 0 radical (unpaired) electrons. The molecule has 0 bridgehead atoms. The van der Waals surface area contributed by atoms with Crippen molar-refractivity contribution in [1.82, 2.24) is 0 Å². The number of hydrogen-bond donors (Lipinski definition) is 2. The van der Waals surface area contributed by atoms with E-state index in [1.54, 1.807) is 0 Å². The standard InChI is InChI=1S/C14H24N2/c1-12-7-8-13(2)14(11-12)16-10-6-4-3-5-9-15/h7-8,11,16H,3-6,9-10,15H2,1-2H3. The molecule has 0 aliphatic carbocycles. The van der Waals surface area contributed by atoms with Gasteiger partial charge in [0.15, 0.2) is 0 Å². The molecule has 1 aromatic rings. The Morgan fingerprint density at radius 1 is 1.06 bits per heavy atom. The van der Waals surface area contributed by atoms with E-state index in [0.29, 0.717) is 0 Å². The molecule has 1 aromatic carbocycles. The summed E-state index contributed by atoms with van der Waals surface area (Å²) < 4.78 is 0. The van der Waals surface area contributed by atoms with E-state index in [9.17, 15) is 0 Å². The van der Waals surface area contributed by atoms with Gasteiger partial charge in [-0.15, -0.1) is 0 Å². The quantitative estimate of drug-likeness (QED) is 0.692. The third kappa shape index (κ3) is 4.67. The summed E-state index contributed by atoms with van der Waals surface area (Å²) in [6, 6.07) is 6.54. The van der Waals surface area contributed by atoms with Gasteiger partial charge in [-0.05, 0) is 50.4 Å². The van der Waals surface area contributed by atoms with Crippen LogP contribution in [0.4, 0.5) is 5.69 Å². The van der Waals surface area contributed by atoms with Crippen LogP contribution in [0.3, 0.4) is 0 Å². The van der Waals surface area contributed by atoms with Crippen molar-refractivity contribution >= 4 is 5.69 Å². The summed E-state index contributed by atoms with van der Waals surface area (Å²) in [7, 11) is 0. The molecule has 0 amide bonds.